The third-order valence-electron chi connectivity index (χ3n) is 9.51. The van der Waals surface area contributed by atoms with Crippen LogP contribution in [0.2, 0.25) is 0 Å². The SMILES string of the molecule is Cn1cnc2ncnc-2c1N([Si](c1ccccc1)(c1ccccc1)c1ccccc1)[Si](c1ccccc1)(c1ccccc1)c1ccccc1. The largest absolute Gasteiger partial charge is 0.387 e. The fourth-order valence-electron chi connectivity index (χ4n) is 7.56. The Morgan fingerprint density at radius 1 is 0.408 bits per heavy atom. The molecule has 7 heteroatoms. The monoisotopic (exact) mass is 665 g/mol. The van der Waals surface area contributed by atoms with Crippen molar-refractivity contribution in [2.24, 2.45) is 7.05 Å². The lowest BCUT2D eigenvalue weighted by atomic mass is 10.3. The molecule has 5 nitrogen and oxygen atoms in total. The molecule has 2 heterocycles. The molecule has 0 amide bonds. The summed E-state index contributed by atoms with van der Waals surface area (Å²) in [7, 11) is -4.54. The zero-order valence-electron chi connectivity index (χ0n) is 27.2. The van der Waals surface area contributed by atoms with Gasteiger partial charge in [-0.15, -0.1) is 0 Å². The predicted octanol–water partition coefficient (Wildman–Crippen LogP) is 4.46. The molecule has 8 rings (SSSR count). The number of anilines is 1. The van der Waals surface area contributed by atoms with Gasteiger partial charge in [0.05, 0.1) is 6.33 Å². The van der Waals surface area contributed by atoms with Gasteiger partial charge in [-0.1, -0.05) is 182 Å². The summed E-state index contributed by atoms with van der Waals surface area (Å²) in [5.74, 6) is 1.63. The van der Waals surface area contributed by atoms with Crippen LogP contribution >= 0.6 is 0 Å². The van der Waals surface area contributed by atoms with Crippen molar-refractivity contribution < 1.29 is 0 Å². The molecule has 0 aromatic heterocycles. The molecule has 6 aromatic rings. The van der Waals surface area contributed by atoms with E-state index < -0.39 is 16.5 Å². The fourth-order valence-corrected chi connectivity index (χ4v) is 20.7. The van der Waals surface area contributed by atoms with Gasteiger partial charge in [-0.2, -0.15) is 0 Å². The average molecular weight is 666 g/mol. The lowest BCUT2D eigenvalue weighted by molar-refractivity contribution is 0.860. The standard InChI is InChI=1S/C42H35N5Si2/c1-46-33-45-41-40(43-32-44-41)42(46)47(48(34-20-8-2-9-21-34,35-22-10-3-11-23-35)36-24-12-4-13-25-36)49(37-26-14-5-15-27-37,38-28-16-6-17-29-38)39-30-18-7-19-31-39/h2-33H,1H3. The van der Waals surface area contributed by atoms with Crippen molar-refractivity contribution in [1.29, 1.82) is 0 Å². The maximum absolute atomic E-state index is 5.00. The Morgan fingerprint density at radius 3 is 1.02 bits per heavy atom. The molecule has 236 valence electrons. The van der Waals surface area contributed by atoms with E-state index in [1.54, 1.807) is 6.33 Å². The second-order valence-corrected chi connectivity index (χ2v) is 19.8. The molecule has 0 bridgehead atoms. The van der Waals surface area contributed by atoms with Gasteiger partial charge in [-0.3, -0.25) is 0 Å². The van der Waals surface area contributed by atoms with Crippen LogP contribution in [0.3, 0.4) is 0 Å². The highest BCUT2D eigenvalue weighted by Crippen LogP contribution is 2.35. The van der Waals surface area contributed by atoms with Crippen LogP contribution in [0.1, 0.15) is 0 Å². The maximum Gasteiger partial charge on any atom is 0.246 e. The normalized spacial score (nSPS) is 11.8. The smallest absolute Gasteiger partial charge is 0.246 e. The van der Waals surface area contributed by atoms with E-state index in [4.69, 9.17) is 9.97 Å². The Hall–Kier alpha value is -5.90. The molecule has 2 aliphatic heterocycles. The van der Waals surface area contributed by atoms with Gasteiger partial charge in [0.25, 0.3) is 0 Å². The highest BCUT2D eigenvalue weighted by atomic mass is 28.4. The molecule has 0 aliphatic carbocycles. The molecule has 6 aromatic carbocycles. The average Bonchev–Trinajstić information content (AvgIpc) is 3.67. The Morgan fingerprint density at radius 2 is 0.714 bits per heavy atom. The van der Waals surface area contributed by atoms with Crippen molar-refractivity contribution in [3.05, 3.63) is 195 Å². The first-order valence-corrected chi connectivity index (χ1v) is 20.4. The van der Waals surface area contributed by atoms with Crippen LogP contribution in [0.4, 0.5) is 5.82 Å². The summed E-state index contributed by atoms with van der Waals surface area (Å²) in [5.41, 5.74) is 0.782. The summed E-state index contributed by atoms with van der Waals surface area (Å²) in [5, 5.41) is 7.65. The van der Waals surface area contributed by atoms with Crippen LogP contribution in [0, 0.1) is 0 Å². The van der Waals surface area contributed by atoms with E-state index in [1.165, 1.54) is 31.1 Å². The number of fused-ring (bicyclic) bond motifs is 1. The molecule has 0 N–H and O–H groups in total. The lowest BCUT2D eigenvalue weighted by Crippen LogP contribution is -2.91. The zero-order valence-corrected chi connectivity index (χ0v) is 29.2. The number of benzene rings is 6. The van der Waals surface area contributed by atoms with Crippen molar-refractivity contribution in [3.63, 3.8) is 0 Å². The third-order valence-corrected chi connectivity index (χ3v) is 20.3. The van der Waals surface area contributed by atoms with Gasteiger partial charge in [0.2, 0.25) is 16.5 Å². The summed E-state index contributed by atoms with van der Waals surface area (Å²) in [6, 6.07) is 66.8. The number of nitrogens with zero attached hydrogens (tertiary/aromatic N) is 5. The topological polar surface area (TPSA) is 46.8 Å². The third kappa shape index (κ3) is 4.94. The van der Waals surface area contributed by atoms with Crippen LogP contribution in [-0.4, -0.2) is 36.0 Å². The first-order chi connectivity index (χ1) is 24.3. The molecule has 0 saturated carbocycles. The molecule has 49 heavy (non-hydrogen) atoms. The van der Waals surface area contributed by atoms with Crippen LogP contribution in [0.25, 0.3) is 11.5 Å². The minimum Gasteiger partial charge on any atom is -0.387 e. The van der Waals surface area contributed by atoms with Crippen molar-refractivity contribution in [2.75, 3.05) is 4.23 Å². The summed E-state index contributed by atoms with van der Waals surface area (Å²) < 4.78 is 5.04. The number of aryl methyl sites for hydroxylation is 1. The van der Waals surface area contributed by atoms with E-state index >= 15 is 0 Å². The first-order valence-electron chi connectivity index (χ1n) is 16.5. The summed E-state index contributed by atoms with van der Waals surface area (Å²) in [4.78, 5) is 14.4. The van der Waals surface area contributed by atoms with Crippen molar-refractivity contribution >= 4 is 53.4 Å². The molecule has 0 radical (unpaired) electrons. The molecule has 0 saturated heterocycles. The Balaban J connectivity index is 1.70. The molecular formula is C42H35N5Si2. The van der Waals surface area contributed by atoms with Crippen LogP contribution in [0.15, 0.2) is 195 Å². The summed E-state index contributed by atoms with van der Waals surface area (Å²) >= 11 is 0. The first kappa shape index (κ1) is 30.4. The van der Waals surface area contributed by atoms with E-state index in [-0.39, 0.29) is 0 Å². The van der Waals surface area contributed by atoms with E-state index in [9.17, 15) is 0 Å². The minimum atomic E-state index is -3.32. The van der Waals surface area contributed by atoms with Crippen molar-refractivity contribution in [2.45, 2.75) is 0 Å². The van der Waals surface area contributed by atoms with E-state index in [0.717, 1.165) is 11.5 Å². The number of imidazole rings is 1. The number of aromatic nitrogens is 4. The second-order valence-electron chi connectivity index (χ2n) is 12.2. The van der Waals surface area contributed by atoms with Gasteiger partial charge in [-0.05, 0) is 31.1 Å². The highest BCUT2D eigenvalue weighted by molar-refractivity contribution is 7.29. The number of hydrogen-bond donors (Lipinski definition) is 0. The Bertz CT molecular complexity index is 1910. The molecule has 0 spiro atoms. The highest BCUT2D eigenvalue weighted by Gasteiger charge is 2.59. The second kappa shape index (κ2) is 13.0. The Kier molecular flexibility index (Phi) is 8.05. The molecule has 0 atom stereocenters. The molecule has 0 unspecified atom stereocenters. The van der Waals surface area contributed by atoms with Gasteiger partial charge >= 0.3 is 0 Å². The van der Waals surface area contributed by atoms with Gasteiger partial charge in [0.15, 0.2) is 5.82 Å². The molecule has 2 aliphatic rings. The van der Waals surface area contributed by atoms with E-state index in [2.05, 4.69) is 203 Å². The van der Waals surface area contributed by atoms with Gasteiger partial charge in [-0.25, -0.2) is 15.0 Å². The minimum absolute atomic E-state index is 0.632. The molecule has 0 fully saturated rings. The summed E-state index contributed by atoms with van der Waals surface area (Å²) in [6.45, 7) is 0. The van der Waals surface area contributed by atoms with Gasteiger partial charge in [0.1, 0.15) is 17.8 Å². The van der Waals surface area contributed by atoms with Crippen molar-refractivity contribution in [3.8, 4) is 11.5 Å². The number of hydrogen-bond acceptors (Lipinski definition) is 4. The Labute approximate surface area is 289 Å². The van der Waals surface area contributed by atoms with Crippen LogP contribution < -0.4 is 35.4 Å². The maximum atomic E-state index is 5.00. The summed E-state index contributed by atoms with van der Waals surface area (Å²) in [6.07, 6.45) is 3.55. The fraction of sp³-hybridized carbons (Fsp3) is 0.0238. The van der Waals surface area contributed by atoms with Crippen molar-refractivity contribution in [1.82, 2.24) is 19.5 Å². The van der Waals surface area contributed by atoms with Gasteiger partial charge < -0.3 is 8.80 Å². The zero-order chi connectivity index (χ0) is 33.1. The van der Waals surface area contributed by atoms with Crippen LogP contribution in [0.5, 0.6) is 0 Å². The quantitative estimate of drug-likeness (QED) is 0.169. The van der Waals surface area contributed by atoms with Crippen LogP contribution in [-0.2, 0) is 7.05 Å². The lowest BCUT2D eigenvalue weighted by Gasteiger charge is -2.55. The van der Waals surface area contributed by atoms with E-state index in [1.807, 2.05) is 6.33 Å². The van der Waals surface area contributed by atoms with Gasteiger partial charge in [0, 0.05) is 7.05 Å². The predicted molar refractivity (Wildman–Crippen MR) is 206 cm³/mol. The molecular weight excluding hydrogens is 631 g/mol. The van der Waals surface area contributed by atoms with E-state index in [0.29, 0.717) is 5.82 Å². The number of rotatable bonds is 9.